The molecule has 0 unspecified atom stereocenters. The first-order chi connectivity index (χ1) is 16.1. The first-order valence-electron chi connectivity index (χ1n) is 11.8. The third kappa shape index (κ3) is 4.04. The summed E-state index contributed by atoms with van der Waals surface area (Å²) in [6.45, 7) is 2.12. The molecule has 0 aliphatic heterocycles. The minimum atomic E-state index is -2.19. The van der Waals surface area contributed by atoms with Crippen molar-refractivity contribution in [3.63, 3.8) is 0 Å². The zero-order chi connectivity index (χ0) is 24.8. The van der Waals surface area contributed by atoms with Gasteiger partial charge in [0.2, 0.25) is 0 Å². The molecule has 0 amide bonds. The van der Waals surface area contributed by atoms with Gasteiger partial charge in [0.25, 0.3) is 0 Å². The average molecular weight is 477 g/mol. The summed E-state index contributed by atoms with van der Waals surface area (Å²) in [4.78, 5) is 35.6. The molecule has 1 aromatic rings. The second-order valence-corrected chi connectivity index (χ2v) is 10.0. The number of esters is 1. The van der Waals surface area contributed by atoms with Crippen molar-refractivity contribution in [1.82, 2.24) is 0 Å². The van der Waals surface area contributed by atoms with Gasteiger partial charge < -0.3 is 34.7 Å². The van der Waals surface area contributed by atoms with Crippen molar-refractivity contribution in [2.75, 3.05) is 7.11 Å². The smallest absolute Gasteiger partial charge is 0.343 e. The van der Waals surface area contributed by atoms with E-state index in [-0.39, 0.29) is 17.5 Å². The number of benzene rings is 1. The SMILES string of the molecule is COc1cc2c(cc1OC(=O)[C@@H](O)[C@@H](O)[C@H](O)[C@@H](O)C=O)CC[C@@H]1[C@@H]2CC[C@]2(C)C(=O)CC[C@@H]12. The van der Waals surface area contributed by atoms with Gasteiger partial charge in [0.1, 0.15) is 24.1 Å². The summed E-state index contributed by atoms with van der Waals surface area (Å²) in [7, 11) is 1.43. The summed E-state index contributed by atoms with van der Waals surface area (Å²) in [5.74, 6) is 0.567. The lowest BCUT2D eigenvalue weighted by molar-refractivity contribution is -0.161. The van der Waals surface area contributed by atoms with Crippen LogP contribution >= 0.6 is 0 Å². The summed E-state index contributed by atoms with van der Waals surface area (Å²) in [5, 5.41) is 39.0. The molecule has 0 bridgehead atoms. The van der Waals surface area contributed by atoms with Gasteiger partial charge in [-0.1, -0.05) is 6.92 Å². The zero-order valence-electron chi connectivity index (χ0n) is 19.3. The quantitative estimate of drug-likeness (QED) is 0.253. The van der Waals surface area contributed by atoms with Crippen LogP contribution in [0.4, 0.5) is 0 Å². The van der Waals surface area contributed by atoms with Crippen LogP contribution in [0.1, 0.15) is 56.1 Å². The Labute approximate surface area is 197 Å². The third-order valence-corrected chi connectivity index (χ3v) is 8.33. The van der Waals surface area contributed by atoms with Crippen LogP contribution in [0.2, 0.25) is 0 Å². The van der Waals surface area contributed by atoms with E-state index in [4.69, 9.17) is 9.47 Å². The van der Waals surface area contributed by atoms with Crippen LogP contribution in [0, 0.1) is 17.3 Å². The topological polar surface area (TPSA) is 151 Å². The molecular formula is C25H32O9. The predicted octanol–water partition coefficient (Wildman–Crippen LogP) is 0.668. The Hall–Kier alpha value is -2.33. The lowest BCUT2D eigenvalue weighted by atomic mass is 9.55. The van der Waals surface area contributed by atoms with Gasteiger partial charge in [-0.15, -0.1) is 0 Å². The van der Waals surface area contributed by atoms with E-state index in [1.165, 1.54) is 7.11 Å². The number of aryl methyl sites for hydroxylation is 1. The van der Waals surface area contributed by atoms with Crippen molar-refractivity contribution in [3.05, 3.63) is 23.3 Å². The van der Waals surface area contributed by atoms with Gasteiger partial charge >= 0.3 is 5.97 Å². The second-order valence-electron chi connectivity index (χ2n) is 10.0. The van der Waals surface area contributed by atoms with E-state index in [0.29, 0.717) is 35.7 Å². The molecule has 9 nitrogen and oxygen atoms in total. The van der Waals surface area contributed by atoms with Crippen LogP contribution in [-0.4, -0.2) is 70.0 Å². The van der Waals surface area contributed by atoms with Crippen molar-refractivity contribution >= 4 is 18.0 Å². The number of fused-ring (bicyclic) bond motifs is 5. The van der Waals surface area contributed by atoms with Gasteiger partial charge in [0, 0.05) is 11.8 Å². The lowest BCUT2D eigenvalue weighted by Crippen LogP contribution is -2.49. The maximum Gasteiger partial charge on any atom is 0.343 e. The van der Waals surface area contributed by atoms with Gasteiger partial charge in [-0.2, -0.15) is 0 Å². The molecule has 2 fully saturated rings. The number of aldehydes is 1. The number of hydrogen-bond acceptors (Lipinski definition) is 9. The minimum Gasteiger partial charge on any atom is -0.493 e. The number of rotatable bonds is 7. The molecule has 0 saturated heterocycles. The lowest BCUT2D eigenvalue weighted by Gasteiger charge is -2.48. The number of Topliss-reactive ketones (excluding diaryl/α,β-unsaturated/α-hetero) is 1. The molecule has 2 saturated carbocycles. The molecule has 3 aliphatic carbocycles. The fourth-order valence-corrected chi connectivity index (χ4v) is 6.37. The van der Waals surface area contributed by atoms with Crippen LogP contribution in [0.15, 0.2) is 12.1 Å². The molecule has 186 valence electrons. The largest absolute Gasteiger partial charge is 0.493 e. The molecule has 0 aromatic heterocycles. The standard InChI is InChI=1S/C25H32O9/c1-25-8-7-13-14(16(25)5-6-20(25)28)4-3-12-9-19(18(33-2)10-15(12)13)34-24(32)23(31)22(30)21(29)17(27)11-26/h9-11,13-14,16-17,21-23,27,29-31H,3-8H2,1-2H3/t13-,14+,16-,17-,21+,22-,23-,25-/m0/s1. The van der Waals surface area contributed by atoms with Gasteiger partial charge in [-0.05, 0) is 73.1 Å². The van der Waals surface area contributed by atoms with Gasteiger partial charge in [-0.3, -0.25) is 4.79 Å². The van der Waals surface area contributed by atoms with Crippen LogP contribution in [0.3, 0.4) is 0 Å². The van der Waals surface area contributed by atoms with E-state index >= 15 is 0 Å². The van der Waals surface area contributed by atoms with Gasteiger partial charge in [0.05, 0.1) is 7.11 Å². The van der Waals surface area contributed by atoms with Crippen molar-refractivity contribution < 1.29 is 44.3 Å². The number of carbonyl (C=O) groups is 3. The molecular weight excluding hydrogens is 444 g/mol. The number of carbonyl (C=O) groups excluding carboxylic acids is 3. The number of ether oxygens (including phenoxy) is 2. The molecule has 4 rings (SSSR count). The molecule has 0 radical (unpaired) electrons. The molecule has 8 atom stereocenters. The van der Waals surface area contributed by atoms with E-state index in [1.807, 2.05) is 6.07 Å². The summed E-state index contributed by atoms with van der Waals surface area (Å²) in [6.07, 6.45) is -3.31. The first-order valence-corrected chi connectivity index (χ1v) is 11.8. The van der Waals surface area contributed by atoms with Crippen molar-refractivity contribution in [1.29, 1.82) is 0 Å². The van der Waals surface area contributed by atoms with E-state index < -0.39 is 30.4 Å². The Balaban J connectivity index is 1.55. The van der Waals surface area contributed by atoms with Crippen molar-refractivity contribution in [2.24, 2.45) is 17.3 Å². The fourth-order valence-electron chi connectivity index (χ4n) is 6.37. The molecule has 9 heteroatoms. The predicted molar refractivity (Wildman–Crippen MR) is 118 cm³/mol. The highest BCUT2D eigenvalue weighted by atomic mass is 16.6. The van der Waals surface area contributed by atoms with Crippen molar-refractivity contribution in [3.8, 4) is 11.5 Å². The minimum absolute atomic E-state index is 0.0129. The number of aliphatic hydroxyl groups excluding tert-OH is 4. The zero-order valence-corrected chi connectivity index (χ0v) is 19.3. The Kier molecular flexibility index (Phi) is 6.83. The Morgan fingerprint density at radius 2 is 1.82 bits per heavy atom. The number of hydrogen-bond donors (Lipinski definition) is 4. The van der Waals surface area contributed by atoms with Crippen LogP contribution in [-0.2, 0) is 20.8 Å². The fraction of sp³-hybridized carbons (Fsp3) is 0.640. The van der Waals surface area contributed by atoms with E-state index in [1.54, 1.807) is 6.07 Å². The second kappa shape index (κ2) is 9.37. The number of methoxy groups -OCH3 is 1. The summed E-state index contributed by atoms with van der Waals surface area (Å²) in [6, 6.07) is 3.55. The van der Waals surface area contributed by atoms with Crippen LogP contribution in [0.5, 0.6) is 11.5 Å². The van der Waals surface area contributed by atoms with Crippen molar-refractivity contribution in [2.45, 2.75) is 75.8 Å². The van der Waals surface area contributed by atoms with Gasteiger partial charge in [-0.25, -0.2) is 4.79 Å². The highest BCUT2D eigenvalue weighted by Crippen LogP contribution is 2.60. The molecule has 34 heavy (non-hydrogen) atoms. The Morgan fingerprint density at radius 3 is 2.50 bits per heavy atom. The Morgan fingerprint density at radius 1 is 1.09 bits per heavy atom. The first kappa shape index (κ1) is 24.8. The maximum atomic E-state index is 12.5. The number of aliphatic hydroxyl groups is 4. The molecule has 4 N–H and O–H groups in total. The summed E-state index contributed by atoms with van der Waals surface area (Å²) < 4.78 is 10.7. The van der Waals surface area contributed by atoms with Crippen LogP contribution < -0.4 is 9.47 Å². The highest BCUT2D eigenvalue weighted by molar-refractivity contribution is 5.87. The van der Waals surface area contributed by atoms with E-state index in [9.17, 15) is 34.8 Å². The molecule has 0 spiro atoms. The molecule has 3 aliphatic rings. The Bertz CT molecular complexity index is 975. The highest BCUT2D eigenvalue weighted by Gasteiger charge is 2.54. The monoisotopic (exact) mass is 476 g/mol. The maximum absolute atomic E-state index is 12.5. The third-order valence-electron chi connectivity index (χ3n) is 8.33. The van der Waals surface area contributed by atoms with Crippen LogP contribution in [0.25, 0.3) is 0 Å². The average Bonchev–Trinajstić information content (AvgIpc) is 3.15. The summed E-state index contributed by atoms with van der Waals surface area (Å²) in [5.41, 5.74) is 1.90. The van der Waals surface area contributed by atoms with E-state index in [0.717, 1.165) is 43.2 Å². The summed E-state index contributed by atoms with van der Waals surface area (Å²) >= 11 is 0. The molecule has 0 heterocycles. The normalized spacial score (nSPS) is 31.4. The number of ketones is 1. The molecule has 1 aromatic carbocycles. The van der Waals surface area contributed by atoms with Gasteiger partial charge in [0.15, 0.2) is 23.9 Å². The van der Waals surface area contributed by atoms with E-state index in [2.05, 4.69) is 6.92 Å².